The Morgan fingerprint density at radius 2 is 2.05 bits per heavy atom. The van der Waals surface area contributed by atoms with Crippen molar-refractivity contribution >= 4 is 5.91 Å². The van der Waals surface area contributed by atoms with Crippen LogP contribution in [-0.2, 0) is 16.0 Å². The van der Waals surface area contributed by atoms with Crippen molar-refractivity contribution in [2.24, 2.45) is 5.92 Å². The summed E-state index contributed by atoms with van der Waals surface area (Å²) in [6.07, 6.45) is 3.25. The molecule has 0 radical (unpaired) electrons. The molecule has 1 atom stereocenters. The van der Waals surface area contributed by atoms with Gasteiger partial charge in [-0.05, 0) is 30.4 Å². The number of ether oxygens (including phenoxy) is 1. The molecule has 0 aromatic heterocycles. The molecule has 2 fully saturated rings. The molecule has 1 amide bonds. The van der Waals surface area contributed by atoms with E-state index < -0.39 is 0 Å². The van der Waals surface area contributed by atoms with Crippen LogP contribution in [0.5, 0.6) is 0 Å². The minimum atomic E-state index is 0.0438. The maximum atomic E-state index is 12.1. The molecule has 1 aromatic rings. The first-order valence-electron chi connectivity index (χ1n) is 7.27. The van der Waals surface area contributed by atoms with Crippen LogP contribution in [-0.4, -0.2) is 30.5 Å². The normalized spacial score (nSPS) is 23.4. The monoisotopic (exact) mass is 259 g/mol. The van der Waals surface area contributed by atoms with Gasteiger partial charge in [0.05, 0.1) is 13.2 Å². The predicted octanol–water partition coefficient (Wildman–Crippen LogP) is 2.56. The first kappa shape index (κ1) is 12.7. The third-order valence-electron chi connectivity index (χ3n) is 4.06. The zero-order valence-electron chi connectivity index (χ0n) is 11.5. The molecule has 0 spiro atoms. The quantitative estimate of drug-likeness (QED) is 0.835. The molecular formula is C16H21NO2. The van der Waals surface area contributed by atoms with Crippen molar-refractivity contribution in [2.75, 3.05) is 19.7 Å². The van der Waals surface area contributed by atoms with Crippen LogP contribution in [0.2, 0.25) is 0 Å². The summed E-state index contributed by atoms with van der Waals surface area (Å²) in [4.78, 5) is 14.1. The smallest absolute Gasteiger partial charge is 0.225 e. The Balaban J connectivity index is 1.67. The van der Waals surface area contributed by atoms with Gasteiger partial charge in [-0.25, -0.2) is 0 Å². The van der Waals surface area contributed by atoms with E-state index in [4.69, 9.17) is 4.74 Å². The van der Waals surface area contributed by atoms with Gasteiger partial charge in [0.1, 0.15) is 6.10 Å². The highest BCUT2D eigenvalue weighted by Gasteiger charge is 2.35. The molecular weight excluding hydrogens is 238 g/mol. The van der Waals surface area contributed by atoms with Crippen LogP contribution >= 0.6 is 0 Å². The maximum absolute atomic E-state index is 12.1. The van der Waals surface area contributed by atoms with Crippen molar-refractivity contribution < 1.29 is 9.53 Å². The van der Waals surface area contributed by atoms with Crippen molar-refractivity contribution in [2.45, 2.75) is 32.3 Å². The largest absolute Gasteiger partial charge is 0.370 e. The summed E-state index contributed by atoms with van der Waals surface area (Å²) in [5.74, 6) is 0.639. The lowest BCUT2D eigenvalue weighted by molar-refractivity contribution is -0.140. The van der Waals surface area contributed by atoms with Gasteiger partial charge in [-0.1, -0.05) is 31.2 Å². The molecule has 1 aliphatic carbocycles. The highest BCUT2D eigenvalue weighted by Crippen LogP contribution is 2.33. The number of benzene rings is 1. The lowest BCUT2D eigenvalue weighted by Crippen LogP contribution is -2.43. The predicted molar refractivity (Wildman–Crippen MR) is 73.8 cm³/mol. The van der Waals surface area contributed by atoms with Gasteiger partial charge in [-0.3, -0.25) is 4.79 Å². The van der Waals surface area contributed by atoms with Crippen molar-refractivity contribution in [3.8, 4) is 0 Å². The summed E-state index contributed by atoms with van der Waals surface area (Å²) in [6, 6.07) is 8.57. The molecule has 3 nitrogen and oxygen atoms in total. The van der Waals surface area contributed by atoms with E-state index in [0.717, 1.165) is 25.8 Å². The second kappa shape index (κ2) is 5.33. The van der Waals surface area contributed by atoms with Crippen LogP contribution in [0.25, 0.3) is 0 Å². The summed E-state index contributed by atoms with van der Waals surface area (Å²) in [5, 5.41) is 0. The van der Waals surface area contributed by atoms with E-state index in [9.17, 15) is 4.79 Å². The van der Waals surface area contributed by atoms with Crippen LogP contribution in [0.1, 0.15) is 37.0 Å². The Labute approximate surface area is 114 Å². The van der Waals surface area contributed by atoms with Crippen molar-refractivity contribution in [1.82, 2.24) is 4.90 Å². The average Bonchev–Trinajstić information content (AvgIpc) is 3.31. The number of morpholine rings is 1. The van der Waals surface area contributed by atoms with Gasteiger partial charge in [0.25, 0.3) is 0 Å². The maximum Gasteiger partial charge on any atom is 0.225 e. The third kappa shape index (κ3) is 2.81. The first-order chi connectivity index (χ1) is 9.28. The molecule has 3 rings (SSSR count). The Morgan fingerprint density at radius 3 is 2.68 bits per heavy atom. The molecule has 1 aliphatic heterocycles. The number of hydrogen-bond acceptors (Lipinski definition) is 2. The number of carbonyl (C=O) groups is 1. The highest BCUT2D eigenvalue weighted by atomic mass is 16.5. The van der Waals surface area contributed by atoms with Gasteiger partial charge < -0.3 is 9.64 Å². The molecule has 1 saturated carbocycles. The molecule has 0 bridgehead atoms. The highest BCUT2D eigenvalue weighted by molar-refractivity contribution is 5.81. The van der Waals surface area contributed by atoms with E-state index in [2.05, 4.69) is 31.2 Å². The van der Waals surface area contributed by atoms with E-state index in [1.54, 1.807) is 0 Å². The zero-order chi connectivity index (χ0) is 13.2. The molecule has 3 heteroatoms. The van der Waals surface area contributed by atoms with Gasteiger partial charge in [0.15, 0.2) is 0 Å². The average molecular weight is 259 g/mol. The Kier molecular flexibility index (Phi) is 3.56. The second-order valence-corrected chi connectivity index (χ2v) is 5.51. The van der Waals surface area contributed by atoms with Gasteiger partial charge >= 0.3 is 0 Å². The lowest BCUT2D eigenvalue weighted by Gasteiger charge is -2.33. The van der Waals surface area contributed by atoms with Gasteiger partial charge in [0, 0.05) is 12.5 Å². The standard InChI is InChI=1S/C16H21NO2/c1-2-12-3-5-13(6-4-12)15-11-17(9-10-19-15)16(18)14-7-8-14/h3-6,14-15H,2,7-11H2,1H3. The van der Waals surface area contributed by atoms with Crippen LogP contribution in [0.15, 0.2) is 24.3 Å². The van der Waals surface area contributed by atoms with Gasteiger partial charge in [0.2, 0.25) is 5.91 Å². The summed E-state index contributed by atoms with van der Waals surface area (Å²) < 4.78 is 5.82. The fourth-order valence-electron chi connectivity index (χ4n) is 2.61. The number of carbonyl (C=O) groups excluding carboxylic acids is 1. The fraction of sp³-hybridized carbons (Fsp3) is 0.562. The third-order valence-corrected chi connectivity index (χ3v) is 4.06. The van der Waals surface area contributed by atoms with Gasteiger partial charge in [-0.15, -0.1) is 0 Å². The minimum Gasteiger partial charge on any atom is -0.370 e. The van der Waals surface area contributed by atoms with Gasteiger partial charge in [-0.2, -0.15) is 0 Å². The van der Waals surface area contributed by atoms with Crippen molar-refractivity contribution in [3.05, 3.63) is 35.4 Å². The number of rotatable bonds is 3. The van der Waals surface area contributed by atoms with Crippen molar-refractivity contribution in [3.63, 3.8) is 0 Å². The van der Waals surface area contributed by atoms with E-state index >= 15 is 0 Å². The Hall–Kier alpha value is -1.35. The van der Waals surface area contributed by atoms with E-state index in [1.165, 1.54) is 11.1 Å². The second-order valence-electron chi connectivity index (χ2n) is 5.51. The molecule has 0 N–H and O–H groups in total. The number of nitrogens with zero attached hydrogens (tertiary/aromatic N) is 1. The Bertz CT molecular complexity index is 450. The van der Waals surface area contributed by atoms with Crippen LogP contribution < -0.4 is 0 Å². The summed E-state index contributed by atoms with van der Waals surface area (Å²) in [5.41, 5.74) is 2.52. The first-order valence-corrected chi connectivity index (χ1v) is 7.27. The number of amides is 1. The molecule has 1 heterocycles. The summed E-state index contributed by atoms with van der Waals surface area (Å²) >= 11 is 0. The van der Waals surface area contributed by atoms with Crippen LogP contribution in [0.3, 0.4) is 0 Å². The van der Waals surface area contributed by atoms with Crippen molar-refractivity contribution in [1.29, 1.82) is 0 Å². The molecule has 102 valence electrons. The fourth-order valence-corrected chi connectivity index (χ4v) is 2.61. The SMILES string of the molecule is CCc1ccc(C2CN(C(=O)C3CC3)CCO2)cc1. The molecule has 1 unspecified atom stereocenters. The molecule has 19 heavy (non-hydrogen) atoms. The van der Waals surface area contributed by atoms with E-state index in [0.29, 0.717) is 25.0 Å². The minimum absolute atomic E-state index is 0.0438. The Morgan fingerprint density at radius 1 is 1.32 bits per heavy atom. The summed E-state index contributed by atoms with van der Waals surface area (Å²) in [6.45, 7) is 4.26. The number of hydrogen-bond donors (Lipinski definition) is 0. The van der Waals surface area contributed by atoms with E-state index in [1.807, 2.05) is 4.90 Å². The summed E-state index contributed by atoms with van der Waals surface area (Å²) in [7, 11) is 0. The zero-order valence-corrected chi connectivity index (χ0v) is 11.5. The molecule has 2 aliphatic rings. The molecule has 1 aromatic carbocycles. The van der Waals surface area contributed by atoms with E-state index in [-0.39, 0.29) is 6.10 Å². The topological polar surface area (TPSA) is 29.5 Å². The van der Waals surface area contributed by atoms with Crippen LogP contribution in [0, 0.1) is 5.92 Å². The molecule has 1 saturated heterocycles. The number of aryl methyl sites for hydroxylation is 1. The lowest BCUT2D eigenvalue weighted by atomic mass is 10.0. The van der Waals surface area contributed by atoms with Crippen LogP contribution in [0.4, 0.5) is 0 Å².